The molecule has 6 heteroatoms. The lowest BCUT2D eigenvalue weighted by Gasteiger charge is -2.26. The number of carbonyl (C=O) groups excluding carboxylic acids is 1. The highest BCUT2D eigenvalue weighted by Crippen LogP contribution is 2.31. The van der Waals surface area contributed by atoms with Crippen LogP contribution < -0.4 is 5.56 Å². The number of H-pyrrole nitrogens is 1. The summed E-state index contributed by atoms with van der Waals surface area (Å²) in [6.45, 7) is 1.02. The van der Waals surface area contributed by atoms with Crippen molar-refractivity contribution < 1.29 is 4.79 Å². The van der Waals surface area contributed by atoms with Crippen LogP contribution in [-0.4, -0.2) is 27.3 Å². The van der Waals surface area contributed by atoms with Crippen molar-refractivity contribution >= 4 is 17.2 Å². The minimum atomic E-state index is -0.0799. The average molecular weight is 315 g/mol. The van der Waals surface area contributed by atoms with E-state index in [0.717, 1.165) is 29.0 Å². The Morgan fingerprint density at radius 1 is 1.27 bits per heavy atom. The number of thiophene rings is 1. The van der Waals surface area contributed by atoms with Gasteiger partial charge in [0.25, 0.3) is 11.5 Å². The van der Waals surface area contributed by atoms with E-state index in [1.54, 1.807) is 11.3 Å². The standard InChI is InChI=1S/C16H17N3O2S/c20-15-11-5-6-19(8-12(11)17-9-18-15)16(21)14-7-10-3-1-2-4-13(10)22-14/h7,9H,1-6,8H2,(H,17,18,20). The highest BCUT2D eigenvalue weighted by Gasteiger charge is 2.26. The molecule has 0 spiro atoms. The number of rotatable bonds is 1. The zero-order valence-electron chi connectivity index (χ0n) is 12.2. The highest BCUT2D eigenvalue weighted by atomic mass is 32.1. The van der Waals surface area contributed by atoms with Gasteiger partial charge in [-0.3, -0.25) is 9.59 Å². The minimum absolute atomic E-state index is 0.0760. The summed E-state index contributed by atoms with van der Waals surface area (Å²) in [5, 5.41) is 0. The number of aromatic nitrogens is 2. The average Bonchev–Trinajstić information content (AvgIpc) is 2.98. The number of carbonyl (C=O) groups is 1. The van der Waals surface area contributed by atoms with Gasteiger partial charge >= 0.3 is 0 Å². The van der Waals surface area contributed by atoms with Crippen LogP contribution in [0, 0.1) is 0 Å². The molecular formula is C16H17N3O2S. The molecule has 0 aromatic carbocycles. The minimum Gasteiger partial charge on any atom is -0.332 e. The Balaban J connectivity index is 1.59. The molecular weight excluding hydrogens is 298 g/mol. The molecule has 5 nitrogen and oxygen atoms in total. The molecule has 2 aromatic rings. The zero-order valence-corrected chi connectivity index (χ0v) is 13.0. The summed E-state index contributed by atoms with van der Waals surface area (Å²) in [7, 11) is 0. The largest absolute Gasteiger partial charge is 0.332 e. The lowest BCUT2D eigenvalue weighted by molar-refractivity contribution is 0.0736. The van der Waals surface area contributed by atoms with Crippen molar-refractivity contribution in [2.24, 2.45) is 0 Å². The molecule has 22 heavy (non-hydrogen) atoms. The van der Waals surface area contributed by atoms with Crippen molar-refractivity contribution in [3.63, 3.8) is 0 Å². The number of hydrogen-bond donors (Lipinski definition) is 1. The number of amides is 1. The molecule has 3 heterocycles. The summed E-state index contributed by atoms with van der Waals surface area (Å²) in [5.41, 5.74) is 2.72. The summed E-state index contributed by atoms with van der Waals surface area (Å²) in [6.07, 6.45) is 6.65. The van der Waals surface area contributed by atoms with Crippen molar-refractivity contribution in [3.05, 3.63) is 49.3 Å². The van der Waals surface area contributed by atoms with Crippen LogP contribution in [0.1, 0.15) is 44.2 Å². The van der Waals surface area contributed by atoms with Crippen LogP contribution in [0.5, 0.6) is 0 Å². The maximum Gasteiger partial charge on any atom is 0.264 e. The molecule has 1 aliphatic carbocycles. The Hall–Kier alpha value is -1.95. The number of hydrogen-bond acceptors (Lipinski definition) is 4. The van der Waals surface area contributed by atoms with E-state index in [1.165, 1.54) is 29.6 Å². The smallest absolute Gasteiger partial charge is 0.264 e. The summed E-state index contributed by atoms with van der Waals surface area (Å²) in [5.74, 6) is 0.0760. The first kappa shape index (κ1) is 13.7. The fourth-order valence-corrected chi connectivity index (χ4v) is 4.51. The number of aryl methyl sites for hydroxylation is 2. The first-order chi connectivity index (χ1) is 10.7. The van der Waals surface area contributed by atoms with E-state index in [-0.39, 0.29) is 11.5 Å². The van der Waals surface area contributed by atoms with Crippen molar-refractivity contribution in [1.82, 2.24) is 14.9 Å². The lowest BCUT2D eigenvalue weighted by Crippen LogP contribution is -2.38. The topological polar surface area (TPSA) is 66.1 Å². The molecule has 0 bridgehead atoms. The fraction of sp³-hybridized carbons (Fsp3) is 0.438. The third-order valence-corrected chi connectivity index (χ3v) is 5.73. The Bertz CT molecular complexity index is 769. The SMILES string of the molecule is O=C(c1cc2c(s1)CCCC2)N1CCc2c(nc[nH]c2=O)C1. The second-order valence-corrected chi connectivity index (χ2v) is 7.04. The van der Waals surface area contributed by atoms with E-state index >= 15 is 0 Å². The van der Waals surface area contributed by atoms with E-state index in [2.05, 4.69) is 16.0 Å². The fourth-order valence-electron chi connectivity index (χ4n) is 3.29. The predicted octanol–water partition coefficient (Wildman–Crippen LogP) is 1.91. The number of aromatic amines is 1. The maximum atomic E-state index is 12.7. The molecule has 4 rings (SSSR count). The van der Waals surface area contributed by atoms with Crippen LogP contribution in [0.4, 0.5) is 0 Å². The van der Waals surface area contributed by atoms with Gasteiger partial charge in [0.05, 0.1) is 23.4 Å². The van der Waals surface area contributed by atoms with Gasteiger partial charge in [-0.2, -0.15) is 0 Å². The molecule has 0 radical (unpaired) electrons. The molecule has 1 amide bonds. The van der Waals surface area contributed by atoms with Crippen LogP contribution in [0.25, 0.3) is 0 Å². The molecule has 0 atom stereocenters. The van der Waals surface area contributed by atoms with Crippen LogP contribution in [0.15, 0.2) is 17.2 Å². The van der Waals surface area contributed by atoms with Gasteiger partial charge in [-0.05, 0) is 43.7 Å². The van der Waals surface area contributed by atoms with Gasteiger partial charge in [-0.15, -0.1) is 11.3 Å². The Morgan fingerprint density at radius 3 is 3.00 bits per heavy atom. The third-order valence-electron chi connectivity index (χ3n) is 4.51. The third kappa shape index (κ3) is 2.27. The second kappa shape index (κ2) is 5.35. The molecule has 0 fully saturated rings. The van der Waals surface area contributed by atoms with Crippen molar-refractivity contribution in [2.45, 2.75) is 38.6 Å². The van der Waals surface area contributed by atoms with Crippen LogP contribution in [0.2, 0.25) is 0 Å². The number of nitrogens with zero attached hydrogens (tertiary/aromatic N) is 2. The van der Waals surface area contributed by atoms with E-state index in [9.17, 15) is 9.59 Å². The summed E-state index contributed by atoms with van der Waals surface area (Å²) >= 11 is 1.64. The van der Waals surface area contributed by atoms with Crippen LogP contribution >= 0.6 is 11.3 Å². The molecule has 2 aromatic heterocycles. The summed E-state index contributed by atoms with van der Waals surface area (Å²) < 4.78 is 0. The quantitative estimate of drug-likeness (QED) is 0.874. The van der Waals surface area contributed by atoms with E-state index in [1.807, 2.05) is 4.90 Å². The van der Waals surface area contributed by atoms with Gasteiger partial charge in [0, 0.05) is 17.0 Å². The zero-order chi connectivity index (χ0) is 15.1. The normalized spacial score (nSPS) is 17.0. The van der Waals surface area contributed by atoms with Gasteiger partial charge in [0.2, 0.25) is 0 Å². The van der Waals surface area contributed by atoms with E-state index in [4.69, 9.17) is 0 Å². The monoisotopic (exact) mass is 315 g/mol. The van der Waals surface area contributed by atoms with Crippen molar-refractivity contribution in [2.75, 3.05) is 6.54 Å². The van der Waals surface area contributed by atoms with Gasteiger partial charge < -0.3 is 9.88 Å². The van der Waals surface area contributed by atoms with Gasteiger partial charge in [0.1, 0.15) is 0 Å². The number of nitrogens with one attached hydrogen (secondary N) is 1. The Labute approximate surface area is 132 Å². The first-order valence-electron chi connectivity index (χ1n) is 7.68. The molecule has 2 aliphatic rings. The second-order valence-electron chi connectivity index (χ2n) is 5.90. The van der Waals surface area contributed by atoms with Crippen molar-refractivity contribution in [3.8, 4) is 0 Å². The molecule has 0 saturated heterocycles. The van der Waals surface area contributed by atoms with Gasteiger partial charge in [-0.1, -0.05) is 0 Å². The molecule has 1 aliphatic heterocycles. The van der Waals surface area contributed by atoms with Gasteiger partial charge in [-0.25, -0.2) is 4.98 Å². The maximum absolute atomic E-state index is 12.7. The van der Waals surface area contributed by atoms with Gasteiger partial charge in [0.15, 0.2) is 0 Å². The van der Waals surface area contributed by atoms with Crippen LogP contribution in [-0.2, 0) is 25.8 Å². The molecule has 0 unspecified atom stereocenters. The summed E-state index contributed by atoms with van der Waals surface area (Å²) in [4.78, 5) is 35.3. The molecule has 0 saturated carbocycles. The predicted molar refractivity (Wildman–Crippen MR) is 84.3 cm³/mol. The van der Waals surface area contributed by atoms with Crippen molar-refractivity contribution in [1.29, 1.82) is 0 Å². The lowest BCUT2D eigenvalue weighted by atomic mass is 9.99. The van der Waals surface area contributed by atoms with Crippen LogP contribution in [0.3, 0.4) is 0 Å². The first-order valence-corrected chi connectivity index (χ1v) is 8.50. The molecule has 114 valence electrons. The van der Waals surface area contributed by atoms with E-state index < -0.39 is 0 Å². The Kier molecular flexibility index (Phi) is 3.33. The highest BCUT2D eigenvalue weighted by molar-refractivity contribution is 7.14. The number of fused-ring (bicyclic) bond motifs is 2. The summed E-state index contributed by atoms with van der Waals surface area (Å²) in [6, 6.07) is 2.07. The Morgan fingerprint density at radius 2 is 2.14 bits per heavy atom. The van der Waals surface area contributed by atoms with E-state index in [0.29, 0.717) is 19.5 Å². The molecule has 1 N–H and O–H groups in total.